The van der Waals surface area contributed by atoms with Crippen LogP contribution in [0.1, 0.15) is 23.1 Å². The first-order chi connectivity index (χ1) is 6.06. The van der Waals surface area contributed by atoms with Crippen molar-refractivity contribution in [2.45, 2.75) is 19.9 Å². The van der Waals surface area contributed by atoms with Crippen LogP contribution in [0.25, 0.3) is 0 Å². The second kappa shape index (κ2) is 3.94. The summed E-state index contributed by atoms with van der Waals surface area (Å²) in [6, 6.07) is 2.32. The summed E-state index contributed by atoms with van der Waals surface area (Å²) in [7, 11) is 4.05. The van der Waals surface area contributed by atoms with Gasteiger partial charge in [-0.3, -0.25) is 0 Å². The molecular weight excluding hydrogens is 164 g/mol. The maximum absolute atomic E-state index is 5.70. The van der Waals surface area contributed by atoms with Crippen LogP contribution in [0.2, 0.25) is 0 Å². The Bertz CT molecular complexity index is 278. The lowest BCUT2D eigenvalue weighted by Gasteiger charge is -2.21. The van der Waals surface area contributed by atoms with Crippen LogP contribution in [0.5, 0.6) is 0 Å². The summed E-state index contributed by atoms with van der Waals surface area (Å²) < 4.78 is 5.47. The molecule has 1 unspecified atom stereocenters. The molecule has 0 fully saturated rings. The normalized spacial score (nSPS) is 13.7. The molecule has 3 nitrogen and oxygen atoms in total. The Morgan fingerprint density at radius 3 is 2.38 bits per heavy atom. The average Bonchev–Trinajstić information content (AvgIpc) is 2.31. The molecule has 3 heteroatoms. The zero-order chi connectivity index (χ0) is 10.0. The molecule has 1 atom stereocenters. The van der Waals surface area contributed by atoms with Crippen LogP contribution in [-0.2, 0) is 0 Å². The lowest BCUT2D eigenvalue weighted by molar-refractivity contribution is 0.302. The Morgan fingerprint density at radius 2 is 2.08 bits per heavy atom. The summed E-state index contributed by atoms with van der Waals surface area (Å²) >= 11 is 0. The zero-order valence-corrected chi connectivity index (χ0v) is 8.79. The molecule has 0 aliphatic carbocycles. The molecule has 1 rings (SSSR count). The molecule has 0 saturated heterocycles. The summed E-state index contributed by atoms with van der Waals surface area (Å²) in [6.45, 7) is 4.56. The van der Waals surface area contributed by atoms with Crippen molar-refractivity contribution in [2.24, 2.45) is 5.73 Å². The van der Waals surface area contributed by atoms with E-state index in [-0.39, 0.29) is 6.04 Å². The molecule has 0 aromatic carbocycles. The van der Waals surface area contributed by atoms with Gasteiger partial charge in [0, 0.05) is 18.2 Å². The minimum atomic E-state index is 0.262. The highest BCUT2D eigenvalue weighted by atomic mass is 16.3. The molecule has 0 radical (unpaired) electrons. The van der Waals surface area contributed by atoms with E-state index in [4.69, 9.17) is 10.2 Å². The highest BCUT2D eigenvalue weighted by Crippen LogP contribution is 2.23. The minimum Gasteiger partial charge on any atom is -0.466 e. The predicted molar refractivity (Wildman–Crippen MR) is 53.7 cm³/mol. The van der Waals surface area contributed by atoms with Crippen LogP contribution in [0, 0.1) is 13.8 Å². The molecule has 0 aliphatic heterocycles. The lowest BCUT2D eigenvalue weighted by atomic mass is 10.1. The maximum atomic E-state index is 5.70. The first kappa shape index (κ1) is 10.3. The Morgan fingerprint density at radius 1 is 1.46 bits per heavy atom. The largest absolute Gasteiger partial charge is 0.466 e. The molecule has 1 heterocycles. The van der Waals surface area contributed by atoms with Crippen LogP contribution in [0.3, 0.4) is 0 Å². The Kier molecular flexibility index (Phi) is 3.12. The third-order valence-corrected chi connectivity index (χ3v) is 2.28. The molecule has 1 aromatic rings. The number of nitrogens with two attached hydrogens (primary N) is 1. The topological polar surface area (TPSA) is 42.4 Å². The number of nitrogens with zero attached hydrogens (tertiary/aromatic N) is 1. The van der Waals surface area contributed by atoms with Crippen LogP contribution in [0.15, 0.2) is 10.5 Å². The van der Waals surface area contributed by atoms with Gasteiger partial charge in [0.1, 0.15) is 11.5 Å². The molecule has 0 bridgehead atoms. The smallest absolute Gasteiger partial charge is 0.105 e. The summed E-state index contributed by atoms with van der Waals surface area (Å²) in [6.07, 6.45) is 0. The second-order valence-corrected chi connectivity index (χ2v) is 3.58. The first-order valence-corrected chi connectivity index (χ1v) is 4.49. The van der Waals surface area contributed by atoms with Crippen LogP contribution >= 0.6 is 0 Å². The van der Waals surface area contributed by atoms with Gasteiger partial charge < -0.3 is 15.1 Å². The van der Waals surface area contributed by atoms with E-state index < -0.39 is 0 Å². The van der Waals surface area contributed by atoms with E-state index in [1.807, 2.05) is 27.9 Å². The number of rotatable bonds is 3. The van der Waals surface area contributed by atoms with Gasteiger partial charge in [-0.25, -0.2) is 0 Å². The SMILES string of the molecule is Cc1cc(C(CN)N(C)C)c(C)o1. The first-order valence-electron chi connectivity index (χ1n) is 4.49. The maximum Gasteiger partial charge on any atom is 0.105 e. The lowest BCUT2D eigenvalue weighted by Crippen LogP contribution is -2.27. The van der Waals surface area contributed by atoms with Crippen molar-refractivity contribution < 1.29 is 4.42 Å². The Labute approximate surface area is 79.5 Å². The fraction of sp³-hybridized carbons (Fsp3) is 0.600. The van der Waals surface area contributed by atoms with Crippen molar-refractivity contribution in [3.63, 3.8) is 0 Å². The highest BCUT2D eigenvalue weighted by Gasteiger charge is 2.17. The third kappa shape index (κ3) is 2.11. The molecule has 13 heavy (non-hydrogen) atoms. The van der Waals surface area contributed by atoms with Gasteiger partial charge in [-0.05, 0) is 34.0 Å². The van der Waals surface area contributed by atoms with Gasteiger partial charge in [0.2, 0.25) is 0 Å². The van der Waals surface area contributed by atoms with E-state index in [2.05, 4.69) is 11.0 Å². The highest BCUT2D eigenvalue weighted by molar-refractivity contribution is 5.24. The summed E-state index contributed by atoms with van der Waals surface area (Å²) in [4.78, 5) is 2.11. The van der Waals surface area contributed by atoms with E-state index in [1.165, 1.54) is 5.56 Å². The van der Waals surface area contributed by atoms with Crippen molar-refractivity contribution in [3.8, 4) is 0 Å². The number of likely N-dealkylation sites (N-methyl/N-ethyl adjacent to an activating group) is 1. The number of hydrogen-bond donors (Lipinski definition) is 1. The van der Waals surface area contributed by atoms with Gasteiger partial charge in [0.15, 0.2) is 0 Å². The predicted octanol–water partition coefficient (Wildman–Crippen LogP) is 1.46. The minimum absolute atomic E-state index is 0.262. The number of aryl methyl sites for hydroxylation is 2. The third-order valence-electron chi connectivity index (χ3n) is 2.28. The number of hydrogen-bond acceptors (Lipinski definition) is 3. The fourth-order valence-corrected chi connectivity index (χ4v) is 1.60. The molecule has 2 N–H and O–H groups in total. The summed E-state index contributed by atoms with van der Waals surface area (Å²) in [5.41, 5.74) is 6.90. The van der Waals surface area contributed by atoms with Gasteiger partial charge in [-0.2, -0.15) is 0 Å². The Hall–Kier alpha value is -0.800. The molecule has 74 valence electrons. The summed E-state index contributed by atoms with van der Waals surface area (Å²) in [5.74, 6) is 1.93. The van der Waals surface area contributed by atoms with Gasteiger partial charge in [-0.15, -0.1) is 0 Å². The Balaban J connectivity index is 2.97. The molecule has 0 spiro atoms. The molecule has 0 amide bonds. The van der Waals surface area contributed by atoms with Gasteiger partial charge in [0.25, 0.3) is 0 Å². The van der Waals surface area contributed by atoms with Crippen molar-refractivity contribution in [2.75, 3.05) is 20.6 Å². The van der Waals surface area contributed by atoms with Crippen LogP contribution in [-0.4, -0.2) is 25.5 Å². The standard InChI is InChI=1S/C10H18N2O/c1-7-5-9(8(2)13-7)10(6-11)12(3)4/h5,10H,6,11H2,1-4H3. The van der Waals surface area contributed by atoms with Gasteiger partial charge in [-0.1, -0.05) is 0 Å². The summed E-state index contributed by atoms with van der Waals surface area (Å²) in [5, 5.41) is 0. The fourth-order valence-electron chi connectivity index (χ4n) is 1.60. The van der Waals surface area contributed by atoms with E-state index in [9.17, 15) is 0 Å². The molecule has 0 saturated carbocycles. The zero-order valence-electron chi connectivity index (χ0n) is 8.79. The van der Waals surface area contributed by atoms with Crippen LogP contribution < -0.4 is 5.73 Å². The van der Waals surface area contributed by atoms with Crippen molar-refractivity contribution in [1.29, 1.82) is 0 Å². The van der Waals surface area contributed by atoms with Crippen molar-refractivity contribution in [1.82, 2.24) is 4.90 Å². The van der Waals surface area contributed by atoms with Crippen molar-refractivity contribution in [3.05, 3.63) is 23.2 Å². The molecule has 0 aliphatic rings. The van der Waals surface area contributed by atoms with E-state index in [0.717, 1.165) is 11.5 Å². The second-order valence-electron chi connectivity index (χ2n) is 3.58. The van der Waals surface area contributed by atoms with Gasteiger partial charge >= 0.3 is 0 Å². The van der Waals surface area contributed by atoms with E-state index in [1.54, 1.807) is 0 Å². The number of furan rings is 1. The van der Waals surface area contributed by atoms with E-state index in [0.29, 0.717) is 6.54 Å². The quantitative estimate of drug-likeness (QED) is 0.769. The molecule has 1 aromatic heterocycles. The van der Waals surface area contributed by atoms with Gasteiger partial charge in [0.05, 0.1) is 0 Å². The van der Waals surface area contributed by atoms with Crippen LogP contribution in [0.4, 0.5) is 0 Å². The monoisotopic (exact) mass is 182 g/mol. The van der Waals surface area contributed by atoms with Crippen molar-refractivity contribution >= 4 is 0 Å². The molecular formula is C10H18N2O. The average molecular weight is 182 g/mol. The van der Waals surface area contributed by atoms with E-state index >= 15 is 0 Å².